The number of halogens is 3. The second-order valence-electron chi connectivity index (χ2n) is 17.5. The molecule has 0 saturated heterocycles. The van der Waals surface area contributed by atoms with Crippen LogP contribution in [0.5, 0.6) is 0 Å². The zero-order chi connectivity index (χ0) is 41.5. The number of esters is 4. The van der Waals surface area contributed by atoms with E-state index in [0.29, 0.717) is 29.7 Å². The number of rotatable bonds is 12. The normalized spacial score (nSPS) is 34.1. The van der Waals surface area contributed by atoms with Crippen molar-refractivity contribution in [1.82, 2.24) is 0 Å². The van der Waals surface area contributed by atoms with Gasteiger partial charge >= 0.3 is 30.1 Å². The lowest BCUT2D eigenvalue weighted by atomic mass is 9.45. The SMILES string of the molecule is C=C(CC[C@@H](C)[C@H]1CC[C@H]2[C@@H]3[C@@H](OC(C)=O)C=C4[C@@H](OC(=O)[C@@](OC)(c5ccccc5)C(F)(F)F)[C@@H](OC(C)=O)[C@H](OC(C)=O)C[C@]4(C)[C@H]3CC[C@]12C)C(C)C. The van der Waals surface area contributed by atoms with Gasteiger partial charge in [0.1, 0.15) is 12.2 Å². The maximum atomic E-state index is 15.2. The number of hydrogen-bond donors (Lipinski definition) is 0. The van der Waals surface area contributed by atoms with Gasteiger partial charge in [0, 0.05) is 39.4 Å². The summed E-state index contributed by atoms with van der Waals surface area (Å²) in [7, 11) is 0.772. The smallest absolute Gasteiger partial charge is 0.432 e. The quantitative estimate of drug-likeness (QED) is 0.116. The van der Waals surface area contributed by atoms with E-state index in [1.807, 2.05) is 6.92 Å². The van der Waals surface area contributed by atoms with E-state index < -0.39 is 71.0 Å². The first-order valence-corrected chi connectivity index (χ1v) is 19.9. The van der Waals surface area contributed by atoms with Crippen LogP contribution in [0.1, 0.15) is 106 Å². The molecule has 0 N–H and O–H groups in total. The monoisotopic (exact) mass is 788 g/mol. The van der Waals surface area contributed by atoms with E-state index in [9.17, 15) is 19.2 Å². The minimum Gasteiger partial charge on any atom is -0.458 e. The van der Waals surface area contributed by atoms with Crippen LogP contribution >= 0.6 is 0 Å². The molecular formula is C44H59F3O9. The van der Waals surface area contributed by atoms with Gasteiger partial charge < -0.3 is 23.7 Å². The van der Waals surface area contributed by atoms with Gasteiger partial charge in [-0.2, -0.15) is 13.2 Å². The van der Waals surface area contributed by atoms with Gasteiger partial charge in [-0.25, -0.2) is 4.79 Å². The molecule has 0 aliphatic heterocycles. The summed E-state index contributed by atoms with van der Waals surface area (Å²) < 4.78 is 74.2. The van der Waals surface area contributed by atoms with Crippen LogP contribution in [0, 0.1) is 46.3 Å². The van der Waals surface area contributed by atoms with Crippen LogP contribution in [0.15, 0.2) is 54.1 Å². The second-order valence-corrected chi connectivity index (χ2v) is 17.5. The minimum absolute atomic E-state index is 0.0869. The van der Waals surface area contributed by atoms with Crippen LogP contribution in [0.25, 0.3) is 0 Å². The Balaban J connectivity index is 1.64. The molecule has 4 aliphatic rings. The summed E-state index contributed by atoms with van der Waals surface area (Å²) in [6.45, 7) is 18.8. The molecule has 0 heterocycles. The lowest BCUT2D eigenvalue weighted by Gasteiger charge is -2.61. The lowest BCUT2D eigenvalue weighted by molar-refractivity contribution is -0.281. The van der Waals surface area contributed by atoms with Crippen molar-refractivity contribution >= 4 is 23.9 Å². The molecule has 3 fully saturated rings. The second kappa shape index (κ2) is 16.3. The Kier molecular flexibility index (Phi) is 12.6. The van der Waals surface area contributed by atoms with E-state index in [-0.39, 0.29) is 29.6 Å². The van der Waals surface area contributed by atoms with E-state index in [4.69, 9.17) is 23.7 Å². The number of methoxy groups -OCH3 is 1. The van der Waals surface area contributed by atoms with Gasteiger partial charge in [0.05, 0.1) is 0 Å². The zero-order valence-electron chi connectivity index (χ0n) is 34.2. The summed E-state index contributed by atoms with van der Waals surface area (Å²) in [5.74, 6) is -2.89. The number of allylic oxidation sites excluding steroid dienone is 1. The zero-order valence-corrected chi connectivity index (χ0v) is 34.2. The Bertz CT molecular complexity index is 1690. The third-order valence-electron chi connectivity index (χ3n) is 14.0. The number of carbonyl (C=O) groups is 4. The molecule has 56 heavy (non-hydrogen) atoms. The highest BCUT2D eigenvalue weighted by Crippen LogP contribution is 2.68. The molecule has 3 saturated carbocycles. The molecule has 1 aromatic rings. The first-order chi connectivity index (χ1) is 26.1. The van der Waals surface area contributed by atoms with E-state index in [1.165, 1.54) is 37.6 Å². The molecule has 0 aromatic heterocycles. The predicted molar refractivity (Wildman–Crippen MR) is 201 cm³/mol. The van der Waals surface area contributed by atoms with Crippen molar-refractivity contribution < 1.29 is 56.0 Å². The molecule has 0 bridgehead atoms. The standard InChI is InChI=1S/C44H59F3O9/c1-24(2)25(3)16-17-26(4)31-18-19-32-37-33(20-21-41(31,32)8)42(9)23-36(54-28(6)49)39(55-29(7)50)38(34(42)22-35(37)53-27(5)48)56-40(51)43(52-10,44(45,46)47)30-14-12-11-13-15-30/h11-15,22,24,26,31-33,35-39H,3,16-21,23H2,1-2,4-10H3/t26-,31-,32+,33+,35+,36-,37+,38-,39+,41-,42-,43+/m1/s1. The lowest BCUT2D eigenvalue weighted by Crippen LogP contribution is -2.63. The van der Waals surface area contributed by atoms with Crippen molar-refractivity contribution in [3.63, 3.8) is 0 Å². The van der Waals surface area contributed by atoms with Crippen molar-refractivity contribution in [2.75, 3.05) is 7.11 Å². The molecule has 4 aliphatic carbocycles. The van der Waals surface area contributed by atoms with Gasteiger partial charge in [-0.3, -0.25) is 14.4 Å². The maximum Gasteiger partial charge on any atom is 0.432 e. The van der Waals surface area contributed by atoms with Gasteiger partial charge in [-0.05, 0) is 97.0 Å². The molecular weight excluding hydrogens is 729 g/mol. The number of ether oxygens (including phenoxy) is 5. The molecule has 12 atom stereocenters. The van der Waals surface area contributed by atoms with Crippen LogP contribution in [0.2, 0.25) is 0 Å². The average molecular weight is 789 g/mol. The Morgan fingerprint density at radius 3 is 2.05 bits per heavy atom. The van der Waals surface area contributed by atoms with Crippen molar-refractivity contribution in [2.45, 2.75) is 137 Å². The summed E-state index contributed by atoms with van der Waals surface area (Å²) in [5.41, 5.74) is -3.51. The molecule has 9 nitrogen and oxygen atoms in total. The summed E-state index contributed by atoms with van der Waals surface area (Å²) in [4.78, 5) is 52.4. The van der Waals surface area contributed by atoms with Crippen molar-refractivity contribution in [3.8, 4) is 0 Å². The summed E-state index contributed by atoms with van der Waals surface area (Å²) in [6.07, 6.45) is -3.23. The fourth-order valence-electron chi connectivity index (χ4n) is 11.2. The highest BCUT2D eigenvalue weighted by Gasteiger charge is 2.68. The van der Waals surface area contributed by atoms with Gasteiger partial charge in [0.25, 0.3) is 5.60 Å². The van der Waals surface area contributed by atoms with Gasteiger partial charge in [0.15, 0.2) is 12.2 Å². The number of alkyl halides is 3. The van der Waals surface area contributed by atoms with Crippen LogP contribution in [-0.4, -0.2) is 61.6 Å². The highest BCUT2D eigenvalue weighted by atomic mass is 19.4. The fraction of sp³-hybridized carbons (Fsp3) is 0.682. The molecule has 0 spiro atoms. The number of carbonyl (C=O) groups excluding carboxylic acids is 4. The van der Waals surface area contributed by atoms with Gasteiger partial charge in [0.2, 0.25) is 0 Å². The third-order valence-corrected chi connectivity index (χ3v) is 14.0. The fourth-order valence-corrected chi connectivity index (χ4v) is 11.2. The molecule has 5 rings (SSSR count). The van der Waals surface area contributed by atoms with Crippen molar-refractivity contribution in [1.29, 1.82) is 0 Å². The molecule has 0 amide bonds. The number of hydrogen-bond acceptors (Lipinski definition) is 9. The number of fused-ring (bicyclic) bond motifs is 5. The van der Waals surface area contributed by atoms with Crippen LogP contribution in [0.4, 0.5) is 13.2 Å². The Morgan fingerprint density at radius 1 is 0.875 bits per heavy atom. The first kappa shape index (κ1) is 43.5. The average Bonchev–Trinajstić information content (AvgIpc) is 3.46. The van der Waals surface area contributed by atoms with Crippen molar-refractivity contribution in [3.05, 3.63) is 59.7 Å². The van der Waals surface area contributed by atoms with E-state index >= 15 is 13.2 Å². The molecule has 12 heteroatoms. The summed E-state index contributed by atoms with van der Waals surface area (Å²) >= 11 is 0. The third kappa shape index (κ3) is 7.80. The molecule has 0 unspecified atom stereocenters. The number of benzene rings is 1. The van der Waals surface area contributed by atoms with Gasteiger partial charge in [-0.1, -0.05) is 77.1 Å². The largest absolute Gasteiger partial charge is 0.458 e. The topological polar surface area (TPSA) is 114 Å². The summed E-state index contributed by atoms with van der Waals surface area (Å²) in [6, 6.07) is 6.43. The Morgan fingerprint density at radius 2 is 1.50 bits per heavy atom. The first-order valence-electron chi connectivity index (χ1n) is 19.9. The summed E-state index contributed by atoms with van der Waals surface area (Å²) in [5, 5.41) is 0. The predicted octanol–water partition coefficient (Wildman–Crippen LogP) is 8.83. The molecule has 1 aromatic carbocycles. The van der Waals surface area contributed by atoms with Crippen LogP contribution in [-0.2, 0) is 48.5 Å². The van der Waals surface area contributed by atoms with Crippen LogP contribution < -0.4 is 0 Å². The maximum absolute atomic E-state index is 15.2. The van der Waals surface area contributed by atoms with E-state index in [1.54, 1.807) is 6.08 Å². The van der Waals surface area contributed by atoms with E-state index in [0.717, 1.165) is 58.3 Å². The van der Waals surface area contributed by atoms with Crippen LogP contribution in [0.3, 0.4) is 0 Å². The molecule has 0 radical (unpaired) electrons. The van der Waals surface area contributed by atoms with E-state index in [2.05, 4.69) is 34.3 Å². The molecule has 310 valence electrons. The Hall–Kier alpha value is -3.67. The van der Waals surface area contributed by atoms with Crippen molar-refractivity contribution in [2.24, 2.45) is 46.3 Å². The highest BCUT2D eigenvalue weighted by molar-refractivity contribution is 5.83. The minimum atomic E-state index is -5.29. The Labute approximate surface area is 329 Å². The van der Waals surface area contributed by atoms with Gasteiger partial charge in [-0.15, -0.1) is 0 Å².